The van der Waals surface area contributed by atoms with Gasteiger partial charge < -0.3 is 0 Å². The zero-order chi connectivity index (χ0) is 35.8. The molecule has 2 saturated carbocycles. The molecular weight excluding hydrogens is 655 g/mol. The SMILES string of the molecule is CC1C=C2CC3(C4c5ccccc5-c5c(-c6ccccc6-c6nc(-c7ccccc7)nc(-c7cccc(-c8ccccc8)c7)n6)cccc54)CC(C1)CC23. The predicted molar refractivity (Wildman–Crippen MR) is 219 cm³/mol. The lowest BCUT2D eigenvalue weighted by molar-refractivity contribution is 0.110. The van der Waals surface area contributed by atoms with Gasteiger partial charge in [-0.3, -0.25) is 0 Å². The number of hydrogen-bond acceptors (Lipinski definition) is 3. The highest BCUT2D eigenvalue weighted by Gasteiger charge is 2.62. The Hall–Kier alpha value is -5.93. The van der Waals surface area contributed by atoms with Crippen LogP contribution in [0, 0.1) is 23.2 Å². The van der Waals surface area contributed by atoms with Crippen molar-refractivity contribution >= 4 is 0 Å². The minimum absolute atomic E-state index is 0.318. The first-order valence-electron chi connectivity index (χ1n) is 19.6. The lowest BCUT2D eigenvalue weighted by atomic mass is 9.50. The van der Waals surface area contributed by atoms with Crippen LogP contribution in [0.5, 0.6) is 0 Å². The van der Waals surface area contributed by atoms with Crippen LogP contribution < -0.4 is 0 Å². The summed E-state index contributed by atoms with van der Waals surface area (Å²) in [6.07, 6.45) is 7.94. The maximum absolute atomic E-state index is 5.28. The lowest BCUT2D eigenvalue weighted by Crippen LogP contribution is -2.43. The molecule has 4 aliphatic rings. The predicted octanol–water partition coefficient (Wildman–Crippen LogP) is 12.7. The van der Waals surface area contributed by atoms with E-state index in [1.165, 1.54) is 59.1 Å². The van der Waals surface area contributed by atoms with Crippen LogP contribution in [-0.2, 0) is 0 Å². The topological polar surface area (TPSA) is 38.7 Å². The third-order valence-electron chi connectivity index (χ3n) is 13.0. The van der Waals surface area contributed by atoms with E-state index in [1.807, 2.05) is 18.2 Å². The van der Waals surface area contributed by atoms with E-state index in [0.717, 1.165) is 33.7 Å². The fourth-order valence-corrected chi connectivity index (χ4v) is 11.0. The third-order valence-corrected chi connectivity index (χ3v) is 13.0. The van der Waals surface area contributed by atoms with Gasteiger partial charge in [0.25, 0.3) is 0 Å². The van der Waals surface area contributed by atoms with Gasteiger partial charge in [-0.15, -0.1) is 0 Å². The molecule has 260 valence electrons. The number of rotatable bonds is 6. The Morgan fingerprint density at radius 3 is 1.91 bits per heavy atom. The van der Waals surface area contributed by atoms with Crippen molar-refractivity contribution in [2.45, 2.75) is 38.5 Å². The van der Waals surface area contributed by atoms with E-state index in [0.29, 0.717) is 40.6 Å². The molecule has 0 aliphatic heterocycles. The molecule has 3 nitrogen and oxygen atoms in total. The highest BCUT2D eigenvalue weighted by Crippen LogP contribution is 2.73. The van der Waals surface area contributed by atoms with Gasteiger partial charge in [0.05, 0.1) is 0 Å². The second-order valence-electron chi connectivity index (χ2n) is 16.2. The number of fused-ring (bicyclic) bond motifs is 4. The maximum atomic E-state index is 5.28. The first kappa shape index (κ1) is 31.6. The number of aromatic nitrogens is 3. The van der Waals surface area contributed by atoms with Gasteiger partial charge in [0.15, 0.2) is 17.5 Å². The molecule has 0 N–H and O–H groups in total. The summed E-state index contributed by atoms with van der Waals surface area (Å²) in [7, 11) is 0. The molecule has 5 atom stereocenters. The maximum Gasteiger partial charge on any atom is 0.164 e. The van der Waals surface area contributed by atoms with Gasteiger partial charge in [-0.05, 0) is 99.4 Å². The molecule has 0 spiro atoms. The summed E-state index contributed by atoms with van der Waals surface area (Å²) < 4.78 is 0. The van der Waals surface area contributed by atoms with Crippen LogP contribution in [0.15, 0.2) is 163 Å². The van der Waals surface area contributed by atoms with Crippen molar-refractivity contribution in [1.82, 2.24) is 15.0 Å². The molecule has 2 bridgehead atoms. The minimum atomic E-state index is 0.318. The monoisotopic (exact) mass is 695 g/mol. The van der Waals surface area contributed by atoms with Crippen molar-refractivity contribution in [3.63, 3.8) is 0 Å². The molecule has 2 fully saturated rings. The van der Waals surface area contributed by atoms with Crippen molar-refractivity contribution in [3.05, 3.63) is 174 Å². The Bertz CT molecular complexity index is 2610. The molecular formula is C51H41N3. The Morgan fingerprint density at radius 1 is 0.500 bits per heavy atom. The molecule has 54 heavy (non-hydrogen) atoms. The molecule has 1 heterocycles. The number of hydrogen-bond donors (Lipinski definition) is 0. The average molecular weight is 696 g/mol. The largest absolute Gasteiger partial charge is 0.208 e. The van der Waals surface area contributed by atoms with Crippen LogP contribution in [0.2, 0.25) is 0 Å². The average Bonchev–Trinajstić information content (AvgIpc) is 3.66. The second kappa shape index (κ2) is 12.3. The number of benzene rings is 6. The second-order valence-corrected chi connectivity index (χ2v) is 16.2. The molecule has 5 unspecified atom stereocenters. The van der Waals surface area contributed by atoms with Gasteiger partial charge in [-0.25, -0.2) is 15.0 Å². The third kappa shape index (κ3) is 4.91. The summed E-state index contributed by atoms with van der Waals surface area (Å²) in [5.74, 6) is 4.69. The molecule has 3 heteroatoms. The minimum Gasteiger partial charge on any atom is -0.208 e. The normalized spacial score (nSPS) is 23.2. The number of allylic oxidation sites excluding steroid dienone is 2. The van der Waals surface area contributed by atoms with Crippen molar-refractivity contribution in [2.75, 3.05) is 0 Å². The highest BCUT2D eigenvalue weighted by atomic mass is 15.0. The van der Waals surface area contributed by atoms with E-state index < -0.39 is 0 Å². The summed E-state index contributed by atoms with van der Waals surface area (Å²) in [4.78, 5) is 15.6. The van der Waals surface area contributed by atoms with Crippen molar-refractivity contribution in [2.24, 2.45) is 23.2 Å². The Morgan fingerprint density at radius 2 is 1.09 bits per heavy atom. The summed E-state index contributed by atoms with van der Waals surface area (Å²) in [6, 6.07) is 54.4. The van der Waals surface area contributed by atoms with E-state index in [9.17, 15) is 0 Å². The van der Waals surface area contributed by atoms with Crippen molar-refractivity contribution < 1.29 is 0 Å². The fraction of sp³-hybridized carbons (Fsp3) is 0.196. The quantitative estimate of drug-likeness (QED) is 0.163. The van der Waals surface area contributed by atoms with Gasteiger partial charge in [0.1, 0.15) is 0 Å². The molecule has 11 rings (SSSR count). The van der Waals surface area contributed by atoms with E-state index in [1.54, 1.807) is 5.57 Å². The van der Waals surface area contributed by atoms with Gasteiger partial charge in [-0.1, -0.05) is 164 Å². The van der Waals surface area contributed by atoms with Crippen LogP contribution in [-0.4, -0.2) is 15.0 Å². The number of nitrogens with zero attached hydrogens (tertiary/aromatic N) is 3. The van der Waals surface area contributed by atoms with Gasteiger partial charge in [0, 0.05) is 22.6 Å². The van der Waals surface area contributed by atoms with Crippen LogP contribution in [0.1, 0.15) is 49.7 Å². The molecule has 1 aromatic heterocycles. The van der Waals surface area contributed by atoms with Crippen LogP contribution in [0.25, 0.3) is 67.5 Å². The smallest absolute Gasteiger partial charge is 0.164 e. The Balaban J connectivity index is 1.08. The summed E-state index contributed by atoms with van der Waals surface area (Å²) >= 11 is 0. The molecule has 0 amide bonds. The van der Waals surface area contributed by atoms with Crippen LogP contribution in [0.4, 0.5) is 0 Å². The molecule has 0 radical (unpaired) electrons. The first-order chi connectivity index (χ1) is 26.6. The lowest BCUT2D eigenvalue weighted by Gasteiger charge is -2.53. The van der Waals surface area contributed by atoms with E-state index >= 15 is 0 Å². The summed E-state index contributed by atoms with van der Waals surface area (Å²) in [5.41, 5.74) is 15.5. The molecule has 7 aromatic rings. The van der Waals surface area contributed by atoms with Gasteiger partial charge in [-0.2, -0.15) is 0 Å². The zero-order valence-electron chi connectivity index (χ0n) is 30.5. The van der Waals surface area contributed by atoms with Gasteiger partial charge in [0.2, 0.25) is 0 Å². The zero-order valence-corrected chi connectivity index (χ0v) is 30.5. The van der Waals surface area contributed by atoms with E-state index in [-0.39, 0.29) is 0 Å². The highest BCUT2D eigenvalue weighted by molar-refractivity contribution is 5.96. The van der Waals surface area contributed by atoms with Crippen molar-refractivity contribution in [1.29, 1.82) is 0 Å². The molecule has 0 saturated heterocycles. The van der Waals surface area contributed by atoms with E-state index in [2.05, 4.69) is 146 Å². The molecule has 6 aromatic carbocycles. The molecule has 4 aliphatic carbocycles. The standard InChI is InChI=1S/C51H41N3/c1-32-26-33-28-45-38(27-32)31-51(45,30-33)47-42-22-10-9-21-41(42)46-40(24-13-25-44(46)47)39-20-8-11-23-43(39)50-53-48(35-16-6-3-7-17-35)52-49(54-50)37-19-12-18-36(29-37)34-14-4-2-5-15-34/h2-25,27,29,32-33,45,47H,26,28,30-31H2,1H3. The summed E-state index contributed by atoms with van der Waals surface area (Å²) in [6.45, 7) is 2.43. The fourth-order valence-electron chi connectivity index (χ4n) is 11.0. The van der Waals surface area contributed by atoms with Crippen molar-refractivity contribution in [3.8, 4) is 67.5 Å². The van der Waals surface area contributed by atoms with Crippen LogP contribution >= 0.6 is 0 Å². The first-order valence-corrected chi connectivity index (χ1v) is 19.6. The van der Waals surface area contributed by atoms with E-state index in [4.69, 9.17) is 15.0 Å². The Labute approximate surface area is 317 Å². The van der Waals surface area contributed by atoms with Crippen LogP contribution in [0.3, 0.4) is 0 Å². The summed E-state index contributed by atoms with van der Waals surface area (Å²) in [5, 5.41) is 0. The Kier molecular flexibility index (Phi) is 7.20. The van der Waals surface area contributed by atoms with Gasteiger partial charge >= 0.3 is 0 Å².